The number of nitrogens with two attached hydrogens (primary N) is 2. The van der Waals surface area contributed by atoms with Crippen LogP contribution in [-0.2, 0) is 24.4 Å². The van der Waals surface area contributed by atoms with Gasteiger partial charge in [0.2, 0.25) is 0 Å². The molecule has 0 saturated heterocycles. The van der Waals surface area contributed by atoms with Gasteiger partial charge in [-0.3, -0.25) is 15.0 Å². The molecule has 3 rings (SSSR count). The van der Waals surface area contributed by atoms with E-state index < -0.39 is 11.8 Å². The standard InChI is InChI=1S/C26H27ClN4O5/c1-2-15-5-16(7-21(32)6-15)13-35-22-9-19(8-20(27)11-22)26(34)31-12-18-4-3-17(25(29)30)10-23(18)36-14-24(28)33/h3-11,32H,2,12-14H2,1H3,(H2,28,33)(H3,29,30)(H,31,34). The van der Waals surface area contributed by atoms with Gasteiger partial charge in [0.1, 0.15) is 29.7 Å². The highest BCUT2D eigenvalue weighted by atomic mass is 35.5. The van der Waals surface area contributed by atoms with Gasteiger partial charge in [0.15, 0.2) is 6.61 Å². The van der Waals surface area contributed by atoms with E-state index in [-0.39, 0.29) is 42.7 Å². The van der Waals surface area contributed by atoms with Crippen LogP contribution >= 0.6 is 11.6 Å². The molecule has 0 aliphatic rings. The Morgan fingerprint density at radius 2 is 1.75 bits per heavy atom. The Morgan fingerprint density at radius 1 is 1.00 bits per heavy atom. The van der Waals surface area contributed by atoms with E-state index >= 15 is 0 Å². The summed E-state index contributed by atoms with van der Waals surface area (Å²) in [7, 11) is 0. The average Bonchev–Trinajstić information content (AvgIpc) is 2.84. The lowest BCUT2D eigenvalue weighted by molar-refractivity contribution is -0.119. The maximum absolute atomic E-state index is 12.9. The number of hydrogen-bond donors (Lipinski definition) is 5. The zero-order chi connectivity index (χ0) is 26.2. The number of nitrogens with one attached hydrogen (secondary N) is 2. The molecule has 188 valence electrons. The molecule has 0 bridgehead atoms. The fraction of sp³-hybridized carbons (Fsp3) is 0.192. The number of nitrogen functional groups attached to an aromatic ring is 1. The van der Waals surface area contributed by atoms with E-state index in [9.17, 15) is 14.7 Å². The van der Waals surface area contributed by atoms with Gasteiger partial charge in [0, 0.05) is 28.3 Å². The van der Waals surface area contributed by atoms with Crippen molar-refractivity contribution in [1.82, 2.24) is 5.32 Å². The zero-order valence-corrected chi connectivity index (χ0v) is 20.4. The van der Waals surface area contributed by atoms with E-state index in [0.29, 0.717) is 21.9 Å². The van der Waals surface area contributed by atoms with Gasteiger partial charge < -0.3 is 31.4 Å². The second kappa shape index (κ2) is 11.9. The Balaban J connectivity index is 1.71. The van der Waals surface area contributed by atoms with Crippen LogP contribution in [0.3, 0.4) is 0 Å². The number of rotatable bonds is 11. The molecular weight excluding hydrogens is 484 g/mol. The second-order valence-corrected chi connectivity index (χ2v) is 8.44. The lowest BCUT2D eigenvalue weighted by Gasteiger charge is -2.14. The van der Waals surface area contributed by atoms with Gasteiger partial charge in [-0.15, -0.1) is 0 Å². The number of carbonyl (C=O) groups is 2. The van der Waals surface area contributed by atoms with Crippen LogP contribution in [0.5, 0.6) is 17.2 Å². The number of phenols is 1. The summed E-state index contributed by atoms with van der Waals surface area (Å²) in [5.74, 6) is -0.419. The molecule has 0 unspecified atom stereocenters. The first kappa shape index (κ1) is 26.4. The molecule has 0 aromatic heterocycles. The lowest BCUT2D eigenvalue weighted by atomic mass is 10.1. The number of carbonyl (C=O) groups excluding carboxylic acids is 2. The van der Waals surface area contributed by atoms with Crippen molar-refractivity contribution in [2.45, 2.75) is 26.5 Å². The Hall–Kier alpha value is -4.24. The van der Waals surface area contributed by atoms with Gasteiger partial charge in [-0.2, -0.15) is 0 Å². The number of amides is 2. The van der Waals surface area contributed by atoms with Gasteiger partial charge in [-0.1, -0.05) is 36.7 Å². The summed E-state index contributed by atoms with van der Waals surface area (Å²) in [6, 6.07) is 14.7. The third kappa shape index (κ3) is 7.38. The molecule has 0 atom stereocenters. The summed E-state index contributed by atoms with van der Waals surface area (Å²) in [6.45, 7) is 1.88. The van der Waals surface area contributed by atoms with Crippen molar-refractivity contribution in [3.05, 3.63) is 87.4 Å². The smallest absolute Gasteiger partial charge is 0.255 e. The van der Waals surface area contributed by atoms with Crippen molar-refractivity contribution < 1.29 is 24.2 Å². The van der Waals surface area contributed by atoms with Crippen molar-refractivity contribution in [3.8, 4) is 17.2 Å². The van der Waals surface area contributed by atoms with Gasteiger partial charge in [0.25, 0.3) is 11.8 Å². The van der Waals surface area contributed by atoms with Crippen LogP contribution in [0.4, 0.5) is 0 Å². The number of phenolic OH excluding ortho intramolecular Hbond substituents is 1. The molecule has 0 aliphatic heterocycles. The normalized spacial score (nSPS) is 10.5. The molecule has 0 fully saturated rings. The summed E-state index contributed by atoms with van der Waals surface area (Å²) in [6.07, 6.45) is 0.773. The number of halogens is 1. The Labute approximate surface area is 213 Å². The molecule has 7 N–H and O–H groups in total. The largest absolute Gasteiger partial charge is 0.508 e. The fourth-order valence-electron chi connectivity index (χ4n) is 3.40. The minimum absolute atomic E-state index is 0.0664. The predicted molar refractivity (Wildman–Crippen MR) is 137 cm³/mol. The van der Waals surface area contributed by atoms with E-state index in [1.807, 2.05) is 13.0 Å². The van der Waals surface area contributed by atoms with Crippen molar-refractivity contribution in [1.29, 1.82) is 5.41 Å². The first-order chi connectivity index (χ1) is 17.1. The SMILES string of the molecule is CCc1cc(O)cc(COc2cc(Cl)cc(C(=O)NCc3ccc(C(=N)N)cc3OCC(N)=O)c2)c1. The fourth-order valence-corrected chi connectivity index (χ4v) is 3.63. The van der Waals surface area contributed by atoms with Crippen LogP contribution < -0.4 is 26.3 Å². The van der Waals surface area contributed by atoms with E-state index in [0.717, 1.165) is 17.5 Å². The quantitative estimate of drug-likeness (QED) is 0.196. The minimum Gasteiger partial charge on any atom is -0.508 e. The topological polar surface area (TPSA) is 161 Å². The zero-order valence-electron chi connectivity index (χ0n) is 19.6. The van der Waals surface area contributed by atoms with Crippen LogP contribution in [0.1, 0.15) is 39.5 Å². The summed E-state index contributed by atoms with van der Waals surface area (Å²) in [4.78, 5) is 24.0. The number of hydrogen-bond acceptors (Lipinski definition) is 6. The number of ether oxygens (including phenoxy) is 2. The molecule has 2 amide bonds. The maximum atomic E-state index is 12.9. The van der Waals surface area contributed by atoms with Gasteiger partial charge in [-0.25, -0.2) is 0 Å². The Bertz CT molecular complexity index is 1300. The molecule has 0 radical (unpaired) electrons. The predicted octanol–water partition coefficient (Wildman–Crippen LogP) is 3.27. The van der Waals surface area contributed by atoms with Crippen molar-refractivity contribution in [2.24, 2.45) is 11.5 Å². The molecule has 0 heterocycles. The maximum Gasteiger partial charge on any atom is 0.255 e. The molecule has 36 heavy (non-hydrogen) atoms. The highest BCUT2D eigenvalue weighted by Crippen LogP contribution is 2.24. The van der Waals surface area contributed by atoms with Crippen LogP contribution in [0, 0.1) is 5.41 Å². The highest BCUT2D eigenvalue weighted by Gasteiger charge is 2.13. The van der Waals surface area contributed by atoms with Crippen LogP contribution in [0.2, 0.25) is 5.02 Å². The summed E-state index contributed by atoms with van der Waals surface area (Å²) in [5.41, 5.74) is 13.7. The number of aryl methyl sites for hydroxylation is 1. The summed E-state index contributed by atoms with van der Waals surface area (Å²) < 4.78 is 11.2. The van der Waals surface area contributed by atoms with Crippen molar-refractivity contribution in [3.63, 3.8) is 0 Å². The molecule has 10 heteroatoms. The van der Waals surface area contributed by atoms with Gasteiger partial charge in [-0.05, 0) is 53.9 Å². The molecule has 9 nitrogen and oxygen atoms in total. The van der Waals surface area contributed by atoms with E-state index in [2.05, 4.69) is 5.32 Å². The molecular formula is C26H27ClN4O5. The number of primary amides is 1. The first-order valence-corrected chi connectivity index (χ1v) is 11.4. The highest BCUT2D eigenvalue weighted by molar-refractivity contribution is 6.31. The Morgan fingerprint density at radius 3 is 2.44 bits per heavy atom. The number of aromatic hydroxyl groups is 1. The lowest BCUT2D eigenvalue weighted by Crippen LogP contribution is -2.24. The summed E-state index contributed by atoms with van der Waals surface area (Å²) >= 11 is 6.21. The van der Waals surface area contributed by atoms with Crippen LogP contribution in [0.15, 0.2) is 54.6 Å². The average molecular weight is 511 g/mol. The van der Waals surface area contributed by atoms with E-state index in [1.165, 1.54) is 12.1 Å². The van der Waals surface area contributed by atoms with Crippen molar-refractivity contribution >= 4 is 29.3 Å². The summed E-state index contributed by atoms with van der Waals surface area (Å²) in [5, 5.41) is 20.6. The van der Waals surface area contributed by atoms with Crippen LogP contribution in [0.25, 0.3) is 0 Å². The minimum atomic E-state index is -0.665. The molecule has 3 aromatic rings. The van der Waals surface area contributed by atoms with E-state index in [1.54, 1.807) is 36.4 Å². The molecule has 0 spiro atoms. The van der Waals surface area contributed by atoms with E-state index in [4.69, 9.17) is 38.0 Å². The molecule has 3 aromatic carbocycles. The third-order valence-corrected chi connectivity index (χ3v) is 5.39. The third-order valence-electron chi connectivity index (χ3n) is 5.17. The molecule has 0 aliphatic carbocycles. The van der Waals surface area contributed by atoms with Gasteiger partial charge >= 0.3 is 0 Å². The molecule has 0 saturated carbocycles. The Kier molecular flexibility index (Phi) is 8.75. The van der Waals surface area contributed by atoms with Gasteiger partial charge in [0.05, 0.1) is 0 Å². The number of benzene rings is 3. The monoisotopic (exact) mass is 510 g/mol. The first-order valence-electron chi connectivity index (χ1n) is 11.1. The second-order valence-electron chi connectivity index (χ2n) is 8.00. The number of amidine groups is 1. The van der Waals surface area contributed by atoms with Crippen molar-refractivity contribution in [2.75, 3.05) is 6.61 Å². The van der Waals surface area contributed by atoms with Crippen LogP contribution in [-0.4, -0.2) is 29.4 Å².